The molecular formula is C16H21N3O4. The van der Waals surface area contributed by atoms with Crippen LogP contribution in [0.1, 0.15) is 30.9 Å². The van der Waals surface area contributed by atoms with Crippen LogP contribution < -0.4 is 5.32 Å². The third-order valence-corrected chi connectivity index (χ3v) is 4.24. The van der Waals surface area contributed by atoms with Crippen LogP contribution in [0.25, 0.3) is 0 Å². The Hall–Kier alpha value is -2.12. The first-order valence-corrected chi connectivity index (χ1v) is 7.62. The van der Waals surface area contributed by atoms with Gasteiger partial charge in [-0.25, -0.2) is 0 Å². The number of aryl methyl sites for hydroxylation is 1. The van der Waals surface area contributed by atoms with Crippen molar-refractivity contribution in [3.05, 3.63) is 42.1 Å². The van der Waals surface area contributed by atoms with Gasteiger partial charge in [0.2, 0.25) is 5.91 Å². The first kappa shape index (κ1) is 15.8. The maximum Gasteiger partial charge on any atom is 0.226 e. The number of carbonyl (C=O) groups is 1. The molecule has 23 heavy (non-hydrogen) atoms. The molecule has 2 aromatic rings. The van der Waals surface area contributed by atoms with E-state index in [2.05, 4.69) is 10.4 Å². The molecule has 3 atom stereocenters. The molecule has 0 aromatic carbocycles. The summed E-state index contributed by atoms with van der Waals surface area (Å²) < 4.78 is 12.6. The average molecular weight is 319 g/mol. The smallest absolute Gasteiger partial charge is 0.226 e. The summed E-state index contributed by atoms with van der Waals surface area (Å²) in [4.78, 5) is 12.5. The summed E-state index contributed by atoms with van der Waals surface area (Å²) in [6.45, 7) is 2.21. The topological polar surface area (TPSA) is 89.5 Å². The fourth-order valence-corrected chi connectivity index (χ4v) is 2.88. The number of amides is 1. The van der Waals surface area contributed by atoms with E-state index in [9.17, 15) is 9.90 Å². The lowest BCUT2D eigenvalue weighted by Crippen LogP contribution is -2.41. The van der Waals surface area contributed by atoms with Crippen LogP contribution in [0, 0.1) is 5.92 Å². The SMILES string of the molecule is Cn1nccc1[C@@H]1OCC[C@H]1C(=O)NC[C@](C)(O)c1ccco1. The lowest BCUT2D eigenvalue weighted by molar-refractivity contribution is -0.128. The summed E-state index contributed by atoms with van der Waals surface area (Å²) in [5.41, 5.74) is -0.374. The fourth-order valence-electron chi connectivity index (χ4n) is 2.88. The van der Waals surface area contributed by atoms with Gasteiger partial charge in [-0.2, -0.15) is 5.10 Å². The lowest BCUT2D eigenvalue weighted by Gasteiger charge is -2.23. The number of aliphatic hydroxyl groups is 1. The van der Waals surface area contributed by atoms with E-state index in [0.717, 1.165) is 5.69 Å². The highest BCUT2D eigenvalue weighted by molar-refractivity contribution is 5.79. The van der Waals surface area contributed by atoms with Crippen molar-refractivity contribution >= 4 is 5.91 Å². The molecule has 0 aliphatic carbocycles. The van der Waals surface area contributed by atoms with Gasteiger partial charge in [-0.3, -0.25) is 9.48 Å². The van der Waals surface area contributed by atoms with E-state index < -0.39 is 5.60 Å². The minimum Gasteiger partial charge on any atom is -0.466 e. The van der Waals surface area contributed by atoms with Gasteiger partial charge in [-0.05, 0) is 31.5 Å². The predicted molar refractivity (Wildman–Crippen MR) is 81.3 cm³/mol. The zero-order valence-electron chi connectivity index (χ0n) is 13.2. The number of ether oxygens (including phenoxy) is 1. The Morgan fingerprint density at radius 1 is 1.57 bits per heavy atom. The summed E-state index contributed by atoms with van der Waals surface area (Å²) in [6, 6.07) is 5.24. The molecule has 2 N–H and O–H groups in total. The molecule has 0 bridgehead atoms. The Morgan fingerprint density at radius 3 is 3.04 bits per heavy atom. The molecule has 0 spiro atoms. The van der Waals surface area contributed by atoms with E-state index in [-0.39, 0.29) is 24.5 Å². The Morgan fingerprint density at radius 2 is 2.39 bits per heavy atom. The van der Waals surface area contributed by atoms with E-state index >= 15 is 0 Å². The highest BCUT2D eigenvalue weighted by Crippen LogP contribution is 2.34. The van der Waals surface area contributed by atoms with Gasteiger partial charge < -0.3 is 19.6 Å². The second kappa shape index (κ2) is 6.17. The van der Waals surface area contributed by atoms with Crippen molar-refractivity contribution in [3.63, 3.8) is 0 Å². The second-order valence-electron chi connectivity index (χ2n) is 6.04. The Labute approximate surface area is 134 Å². The van der Waals surface area contributed by atoms with Crippen LogP contribution in [-0.4, -0.2) is 33.9 Å². The van der Waals surface area contributed by atoms with Gasteiger partial charge in [-0.15, -0.1) is 0 Å². The van der Waals surface area contributed by atoms with Crippen LogP contribution in [0.2, 0.25) is 0 Å². The van der Waals surface area contributed by atoms with Gasteiger partial charge in [0.15, 0.2) is 0 Å². The minimum absolute atomic E-state index is 0.0773. The highest BCUT2D eigenvalue weighted by atomic mass is 16.5. The minimum atomic E-state index is -1.25. The molecule has 7 nitrogen and oxygen atoms in total. The first-order chi connectivity index (χ1) is 11.0. The van der Waals surface area contributed by atoms with Crippen molar-refractivity contribution in [2.75, 3.05) is 13.2 Å². The number of nitrogens with one attached hydrogen (secondary N) is 1. The monoisotopic (exact) mass is 319 g/mol. The summed E-state index contributed by atoms with van der Waals surface area (Å²) in [6.07, 6.45) is 3.52. The Balaban J connectivity index is 1.65. The largest absolute Gasteiger partial charge is 0.466 e. The van der Waals surface area contributed by atoms with Crippen LogP contribution in [0.5, 0.6) is 0 Å². The van der Waals surface area contributed by atoms with Gasteiger partial charge in [0.05, 0.1) is 24.4 Å². The van der Waals surface area contributed by atoms with Gasteiger partial charge in [0.25, 0.3) is 0 Å². The normalized spacial score (nSPS) is 23.6. The van der Waals surface area contributed by atoms with Crippen LogP contribution in [0.4, 0.5) is 0 Å². The zero-order valence-corrected chi connectivity index (χ0v) is 13.2. The number of nitrogens with zero attached hydrogens (tertiary/aromatic N) is 2. The molecule has 0 saturated carbocycles. The maximum absolute atomic E-state index is 12.5. The van der Waals surface area contributed by atoms with Crippen molar-refractivity contribution in [2.24, 2.45) is 13.0 Å². The van der Waals surface area contributed by atoms with Gasteiger partial charge in [0.1, 0.15) is 17.5 Å². The Kier molecular flexibility index (Phi) is 4.23. The first-order valence-electron chi connectivity index (χ1n) is 7.62. The van der Waals surface area contributed by atoms with E-state index in [0.29, 0.717) is 18.8 Å². The average Bonchev–Trinajstić information content (AvgIpc) is 3.24. The molecule has 0 unspecified atom stereocenters. The highest BCUT2D eigenvalue weighted by Gasteiger charge is 2.37. The molecular weight excluding hydrogens is 298 g/mol. The molecule has 0 radical (unpaired) electrons. The van der Waals surface area contributed by atoms with Crippen molar-refractivity contribution in [1.29, 1.82) is 0 Å². The fraction of sp³-hybridized carbons (Fsp3) is 0.500. The maximum atomic E-state index is 12.5. The molecule has 3 rings (SSSR count). The predicted octanol–water partition coefficient (Wildman–Crippen LogP) is 1.11. The van der Waals surface area contributed by atoms with Crippen molar-refractivity contribution in [2.45, 2.75) is 25.0 Å². The zero-order chi connectivity index (χ0) is 16.4. The summed E-state index contributed by atoms with van der Waals surface area (Å²) in [7, 11) is 1.83. The molecule has 2 aromatic heterocycles. The van der Waals surface area contributed by atoms with Gasteiger partial charge >= 0.3 is 0 Å². The van der Waals surface area contributed by atoms with Crippen LogP contribution in [0.3, 0.4) is 0 Å². The van der Waals surface area contributed by atoms with Crippen molar-refractivity contribution in [1.82, 2.24) is 15.1 Å². The molecule has 1 saturated heterocycles. The van der Waals surface area contributed by atoms with Crippen LogP contribution >= 0.6 is 0 Å². The number of rotatable bonds is 5. The summed E-state index contributed by atoms with van der Waals surface area (Å²) >= 11 is 0. The third-order valence-electron chi connectivity index (χ3n) is 4.24. The number of carbonyl (C=O) groups excluding carboxylic acids is 1. The van der Waals surface area contributed by atoms with E-state index in [1.165, 1.54) is 6.26 Å². The number of aromatic nitrogens is 2. The number of hydrogen-bond acceptors (Lipinski definition) is 5. The van der Waals surface area contributed by atoms with Gasteiger partial charge in [0, 0.05) is 19.9 Å². The van der Waals surface area contributed by atoms with Gasteiger partial charge in [-0.1, -0.05) is 0 Å². The van der Waals surface area contributed by atoms with Crippen molar-refractivity contribution in [3.8, 4) is 0 Å². The van der Waals surface area contributed by atoms with Crippen LogP contribution in [0.15, 0.2) is 35.1 Å². The molecule has 1 amide bonds. The number of hydrogen-bond donors (Lipinski definition) is 2. The Bertz CT molecular complexity index is 663. The standard InChI is InChI=1S/C16H21N3O4/c1-16(21,13-4-3-8-22-13)10-17-15(20)11-6-9-23-14(11)12-5-7-18-19(12)2/h3-5,7-8,11,14,21H,6,9-10H2,1-2H3,(H,17,20)/t11-,14-,16+/m1/s1. The molecule has 1 aliphatic rings. The summed E-state index contributed by atoms with van der Waals surface area (Å²) in [5, 5.41) is 17.3. The molecule has 3 heterocycles. The molecule has 7 heteroatoms. The number of furan rings is 1. The molecule has 1 fully saturated rings. The second-order valence-corrected chi connectivity index (χ2v) is 6.04. The lowest BCUT2D eigenvalue weighted by atomic mass is 9.97. The van der Waals surface area contributed by atoms with E-state index in [4.69, 9.17) is 9.15 Å². The van der Waals surface area contributed by atoms with Crippen LogP contribution in [-0.2, 0) is 22.2 Å². The summed E-state index contributed by atoms with van der Waals surface area (Å²) in [5.74, 6) is -0.0120. The van der Waals surface area contributed by atoms with E-state index in [1.807, 2.05) is 13.1 Å². The molecule has 1 aliphatic heterocycles. The third kappa shape index (κ3) is 3.16. The van der Waals surface area contributed by atoms with Crippen molar-refractivity contribution < 1.29 is 19.1 Å². The molecule has 124 valence electrons. The quantitative estimate of drug-likeness (QED) is 0.862. The van der Waals surface area contributed by atoms with E-state index in [1.54, 1.807) is 29.9 Å².